The van der Waals surface area contributed by atoms with E-state index in [0.717, 1.165) is 29.3 Å². The third kappa shape index (κ3) is 4.45. The van der Waals surface area contributed by atoms with Crippen molar-refractivity contribution in [2.75, 3.05) is 6.54 Å². The number of hydrogen-bond acceptors (Lipinski definition) is 4. The van der Waals surface area contributed by atoms with Gasteiger partial charge < -0.3 is 9.64 Å². The lowest BCUT2D eigenvalue weighted by atomic mass is 10.2. The molecule has 0 bridgehead atoms. The van der Waals surface area contributed by atoms with Crippen molar-refractivity contribution in [1.29, 1.82) is 0 Å². The molecule has 1 saturated carbocycles. The maximum Gasteiger partial charge on any atom is 0.226 e. The lowest BCUT2D eigenvalue weighted by molar-refractivity contribution is -0.132. The molecular formula is C19H22N2O2S. The van der Waals surface area contributed by atoms with Gasteiger partial charge in [0.15, 0.2) is 0 Å². The van der Waals surface area contributed by atoms with Gasteiger partial charge >= 0.3 is 0 Å². The average molecular weight is 342 g/mol. The van der Waals surface area contributed by atoms with Gasteiger partial charge in [-0.3, -0.25) is 4.79 Å². The highest BCUT2D eigenvalue weighted by Crippen LogP contribution is 2.31. The molecule has 0 radical (unpaired) electrons. The second-order valence-electron chi connectivity index (χ2n) is 6.12. The molecule has 1 aromatic carbocycles. The number of ether oxygens (including phenoxy) is 1. The number of amides is 1. The summed E-state index contributed by atoms with van der Waals surface area (Å²) in [6.45, 7) is 7.36. The summed E-state index contributed by atoms with van der Waals surface area (Å²) >= 11 is 1.57. The first-order chi connectivity index (χ1) is 11.7. The van der Waals surface area contributed by atoms with E-state index in [0.29, 0.717) is 19.7 Å². The number of thiazole rings is 1. The van der Waals surface area contributed by atoms with E-state index in [1.807, 2.05) is 34.5 Å². The predicted octanol–water partition coefficient (Wildman–Crippen LogP) is 3.96. The quantitative estimate of drug-likeness (QED) is 0.682. The average Bonchev–Trinajstić information content (AvgIpc) is 3.34. The molecule has 3 rings (SSSR count). The molecule has 0 N–H and O–H groups in total. The van der Waals surface area contributed by atoms with Crippen LogP contribution < -0.4 is 4.74 Å². The number of nitrogens with zero attached hydrogens (tertiary/aromatic N) is 2. The molecule has 0 atom stereocenters. The van der Waals surface area contributed by atoms with Crippen LogP contribution in [-0.4, -0.2) is 22.3 Å². The first kappa shape index (κ1) is 16.7. The molecular weight excluding hydrogens is 320 g/mol. The Balaban J connectivity index is 1.56. The SMILES string of the molecule is C=CCN(Cc1csc(COc2ccc(C)cc2)n1)C(=O)C1CC1. The van der Waals surface area contributed by atoms with Crippen molar-refractivity contribution in [3.8, 4) is 5.75 Å². The number of aryl methyl sites for hydroxylation is 1. The van der Waals surface area contributed by atoms with Crippen molar-refractivity contribution < 1.29 is 9.53 Å². The van der Waals surface area contributed by atoms with Crippen molar-refractivity contribution in [1.82, 2.24) is 9.88 Å². The third-order valence-corrected chi connectivity index (χ3v) is 4.79. The molecule has 0 spiro atoms. The van der Waals surface area contributed by atoms with Crippen LogP contribution in [0.4, 0.5) is 0 Å². The summed E-state index contributed by atoms with van der Waals surface area (Å²) in [6, 6.07) is 7.98. The standard InChI is InChI=1S/C19H22N2O2S/c1-3-10-21(19(22)15-6-7-15)11-16-13-24-18(20-16)12-23-17-8-4-14(2)5-9-17/h3-5,8-9,13,15H,1,6-7,10-12H2,2H3. The Bertz CT molecular complexity index is 704. The molecule has 2 aromatic rings. The molecule has 1 aliphatic rings. The van der Waals surface area contributed by atoms with Crippen LogP contribution in [0.1, 0.15) is 29.1 Å². The van der Waals surface area contributed by atoms with Crippen LogP contribution in [0.25, 0.3) is 0 Å². The summed E-state index contributed by atoms with van der Waals surface area (Å²) in [5.41, 5.74) is 2.12. The first-order valence-corrected chi connectivity index (χ1v) is 9.06. The zero-order chi connectivity index (χ0) is 16.9. The molecule has 5 heteroatoms. The molecule has 1 aliphatic carbocycles. The van der Waals surface area contributed by atoms with Crippen molar-refractivity contribution in [3.05, 3.63) is 58.6 Å². The van der Waals surface area contributed by atoms with Crippen molar-refractivity contribution in [2.45, 2.75) is 32.9 Å². The molecule has 1 aromatic heterocycles. The first-order valence-electron chi connectivity index (χ1n) is 8.18. The summed E-state index contributed by atoms with van der Waals surface area (Å²) in [7, 11) is 0. The number of rotatable bonds is 8. The van der Waals surface area contributed by atoms with E-state index in [1.54, 1.807) is 17.4 Å². The van der Waals surface area contributed by atoms with E-state index in [4.69, 9.17) is 4.74 Å². The van der Waals surface area contributed by atoms with E-state index >= 15 is 0 Å². The van der Waals surface area contributed by atoms with Gasteiger partial charge in [0, 0.05) is 17.8 Å². The second kappa shape index (κ2) is 7.62. The molecule has 24 heavy (non-hydrogen) atoms. The molecule has 1 heterocycles. The van der Waals surface area contributed by atoms with Crippen molar-refractivity contribution in [3.63, 3.8) is 0 Å². The van der Waals surface area contributed by atoms with Crippen LogP contribution in [-0.2, 0) is 17.9 Å². The maximum atomic E-state index is 12.3. The molecule has 126 valence electrons. The van der Waals surface area contributed by atoms with Crippen molar-refractivity contribution in [2.24, 2.45) is 5.92 Å². The molecule has 1 fully saturated rings. The summed E-state index contributed by atoms with van der Waals surface area (Å²) in [4.78, 5) is 18.7. The van der Waals surface area contributed by atoms with Gasteiger partial charge in [0.05, 0.1) is 12.2 Å². The van der Waals surface area contributed by atoms with Gasteiger partial charge in [-0.15, -0.1) is 17.9 Å². The Labute approximate surface area is 146 Å². The number of hydrogen-bond donors (Lipinski definition) is 0. The summed E-state index contributed by atoms with van der Waals surface area (Å²) in [6.07, 6.45) is 3.80. The Morgan fingerprint density at radius 3 is 2.83 bits per heavy atom. The summed E-state index contributed by atoms with van der Waals surface area (Å²) < 4.78 is 5.76. The smallest absolute Gasteiger partial charge is 0.226 e. The zero-order valence-corrected chi connectivity index (χ0v) is 14.7. The molecule has 0 unspecified atom stereocenters. The zero-order valence-electron chi connectivity index (χ0n) is 13.9. The van der Waals surface area contributed by atoms with Gasteiger partial charge in [-0.2, -0.15) is 0 Å². The van der Waals surface area contributed by atoms with Crippen LogP contribution in [0.15, 0.2) is 42.3 Å². The number of aromatic nitrogens is 1. The minimum absolute atomic E-state index is 0.216. The Hall–Kier alpha value is -2.14. The van der Waals surface area contributed by atoms with Gasteiger partial charge in [-0.25, -0.2) is 4.98 Å². The lowest BCUT2D eigenvalue weighted by Gasteiger charge is -2.19. The van der Waals surface area contributed by atoms with Crippen molar-refractivity contribution >= 4 is 17.2 Å². The minimum Gasteiger partial charge on any atom is -0.486 e. The van der Waals surface area contributed by atoms with Gasteiger partial charge in [-0.05, 0) is 31.9 Å². The van der Waals surface area contributed by atoms with Crippen LogP contribution in [0.5, 0.6) is 5.75 Å². The third-order valence-electron chi connectivity index (χ3n) is 3.92. The monoisotopic (exact) mass is 342 g/mol. The largest absolute Gasteiger partial charge is 0.486 e. The van der Waals surface area contributed by atoms with Gasteiger partial charge in [-0.1, -0.05) is 23.8 Å². The highest BCUT2D eigenvalue weighted by atomic mass is 32.1. The van der Waals surface area contributed by atoms with Gasteiger partial charge in [0.25, 0.3) is 0 Å². The van der Waals surface area contributed by atoms with E-state index < -0.39 is 0 Å². The molecule has 0 aliphatic heterocycles. The van der Waals surface area contributed by atoms with Crippen LogP contribution in [0, 0.1) is 12.8 Å². The fraction of sp³-hybridized carbons (Fsp3) is 0.368. The van der Waals surface area contributed by atoms with E-state index in [9.17, 15) is 4.79 Å². The minimum atomic E-state index is 0.216. The Morgan fingerprint density at radius 2 is 2.17 bits per heavy atom. The predicted molar refractivity (Wildman–Crippen MR) is 96.0 cm³/mol. The summed E-state index contributed by atoms with van der Waals surface area (Å²) in [5, 5.41) is 2.92. The fourth-order valence-electron chi connectivity index (χ4n) is 2.44. The highest BCUT2D eigenvalue weighted by molar-refractivity contribution is 7.09. The molecule has 4 nitrogen and oxygen atoms in total. The Morgan fingerprint density at radius 1 is 1.42 bits per heavy atom. The van der Waals surface area contributed by atoms with Crippen LogP contribution in [0.3, 0.4) is 0 Å². The second-order valence-corrected chi connectivity index (χ2v) is 7.06. The number of carbonyl (C=O) groups excluding carboxylic acids is 1. The van der Waals surface area contributed by atoms with Gasteiger partial charge in [0.2, 0.25) is 5.91 Å². The maximum absolute atomic E-state index is 12.3. The van der Waals surface area contributed by atoms with Crippen LogP contribution >= 0.6 is 11.3 Å². The van der Waals surface area contributed by atoms with E-state index in [1.165, 1.54) is 5.56 Å². The van der Waals surface area contributed by atoms with E-state index in [-0.39, 0.29) is 11.8 Å². The lowest BCUT2D eigenvalue weighted by Crippen LogP contribution is -2.32. The normalized spacial score (nSPS) is 13.5. The Kier molecular flexibility index (Phi) is 5.30. The number of carbonyl (C=O) groups is 1. The van der Waals surface area contributed by atoms with Crippen LogP contribution in [0.2, 0.25) is 0 Å². The fourth-order valence-corrected chi connectivity index (χ4v) is 3.14. The molecule has 0 saturated heterocycles. The number of benzene rings is 1. The highest BCUT2D eigenvalue weighted by Gasteiger charge is 2.33. The van der Waals surface area contributed by atoms with Gasteiger partial charge in [0.1, 0.15) is 17.4 Å². The summed E-state index contributed by atoms with van der Waals surface area (Å²) in [5.74, 6) is 1.28. The topological polar surface area (TPSA) is 42.4 Å². The molecule has 1 amide bonds. The van der Waals surface area contributed by atoms with E-state index in [2.05, 4.69) is 18.5 Å².